The zero-order valence-corrected chi connectivity index (χ0v) is 10.3. The van der Waals surface area contributed by atoms with Crippen molar-refractivity contribution in [1.29, 1.82) is 0 Å². The van der Waals surface area contributed by atoms with Gasteiger partial charge in [-0.25, -0.2) is 5.11 Å². The van der Waals surface area contributed by atoms with E-state index in [1.54, 1.807) is 0 Å². The van der Waals surface area contributed by atoms with Gasteiger partial charge >= 0.3 is 0 Å². The van der Waals surface area contributed by atoms with Crippen molar-refractivity contribution in [2.75, 3.05) is 6.61 Å². The minimum atomic E-state index is 0.111. The molecule has 0 aromatic heterocycles. The van der Waals surface area contributed by atoms with Crippen LogP contribution in [0.25, 0.3) is 0 Å². The average Bonchev–Trinajstić information content (AvgIpc) is 2.26. The van der Waals surface area contributed by atoms with Crippen molar-refractivity contribution in [3.05, 3.63) is 12.2 Å². The van der Waals surface area contributed by atoms with Gasteiger partial charge in [0.15, 0.2) is 0 Å². The maximum absolute atomic E-state index is 10.2. The molecule has 89 valence electrons. The van der Waals surface area contributed by atoms with Crippen LogP contribution in [-0.2, 0) is 5.11 Å². The Morgan fingerprint density at radius 3 is 1.87 bits per heavy atom. The average molecular weight is 211 g/mol. The smallest absolute Gasteiger partial charge is 0.0822 e. The Balaban J connectivity index is 2.95. The minimum Gasteiger partial charge on any atom is -0.237 e. The van der Waals surface area contributed by atoms with Gasteiger partial charge in [-0.1, -0.05) is 57.6 Å². The van der Waals surface area contributed by atoms with Gasteiger partial charge < -0.3 is 0 Å². The van der Waals surface area contributed by atoms with Crippen LogP contribution < -0.4 is 0 Å². The van der Waals surface area contributed by atoms with Gasteiger partial charge in [-0.05, 0) is 25.7 Å². The molecule has 0 aliphatic carbocycles. The van der Waals surface area contributed by atoms with Gasteiger partial charge in [0, 0.05) is 0 Å². The first-order valence-corrected chi connectivity index (χ1v) is 6.65. The highest BCUT2D eigenvalue weighted by atomic mass is 16.2. The Bertz CT molecular complexity index is 129. The van der Waals surface area contributed by atoms with E-state index < -0.39 is 0 Å². The van der Waals surface area contributed by atoms with Crippen LogP contribution in [-0.4, -0.2) is 6.61 Å². The van der Waals surface area contributed by atoms with Gasteiger partial charge in [0.25, 0.3) is 0 Å². The van der Waals surface area contributed by atoms with E-state index in [2.05, 4.69) is 19.1 Å². The van der Waals surface area contributed by atoms with Crippen LogP contribution in [0.2, 0.25) is 0 Å². The molecule has 15 heavy (non-hydrogen) atoms. The van der Waals surface area contributed by atoms with Crippen molar-refractivity contribution in [2.45, 2.75) is 71.1 Å². The van der Waals surface area contributed by atoms with Gasteiger partial charge in [-0.3, -0.25) is 0 Å². The Morgan fingerprint density at radius 1 is 0.733 bits per heavy atom. The van der Waals surface area contributed by atoms with Crippen molar-refractivity contribution in [2.24, 2.45) is 0 Å². The molecule has 0 aromatic rings. The fraction of sp³-hybridized carbons (Fsp3) is 0.857. The molecule has 1 heteroatoms. The predicted molar refractivity (Wildman–Crippen MR) is 66.5 cm³/mol. The number of allylic oxidation sites excluding steroid dienone is 2. The summed E-state index contributed by atoms with van der Waals surface area (Å²) in [7, 11) is 0. The van der Waals surface area contributed by atoms with E-state index in [-0.39, 0.29) is 6.61 Å². The lowest BCUT2D eigenvalue weighted by molar-refractivity contribution is 0.186. The van der Waals surface area contributed by atoms with E-state index in [4.69, 9.17) is 0 Å². The normalized spacial score (nSPS) is 11.3. The van der Waals surface area contributed by atoms with E-state index >= 15 is 0 Å². The second-order valence-electron chi connectivity index (χ2n) is 4.23. The highest BCUT2D eigenvalue weighted by Gasteiger charge is 1.89. The van der Waals surface area contributed by atoms with Crippen LogP contribution in [0.3, 0.4) is 0 Å². The lowest BCUT2D eigenvalue weighted by Gasteiger charge is -1.98. The standard InChI is InChI=1S/C14H27O/c1-2-3-4-5-6-7-8-9-10-11-12-13-14-15/h5-6H,2-4,7-14H2,1H3/b6-5+. The summed E-state index contributed by atoms with van der Waals surface area (Å²) in [5.41, 5.74) is 0. The Kier molecular flexibility index (Phi) is 13.4. The van der Waals surface area contributed by atoms with E-state index in [0.29, 0.717) is 0 Å². The first kappa shape index (κ1) is 14.7. The first-order chi connectivity index (χ1) is 7.41. The third-order valence-corrected chi connectivity index (χ3v) is 2.66. The largest absolute Gasteiger partial charge is 0.237 e. The molecule has 1 nitrogen and oxygen atoms in total. The molecule has 0 saturated heterocycles. The van der Waals surface area contributed by atoms with Crippen LogP contribution in [0.4, 0.5) is 0 Å². The summed E-state index contributed by atoms with van der Waals surface area (Å²) in [6.07, 6.45) is 17.0. The molecule has 0 aliphatic heterocycles. The van der Waals surface area contributed by atoms with Gasteiger partial charge in [-0.15, -0.1) is 0 Å². The van der Waals surface area contributed by atoms with Crippen molar-refractivity contribution < 1.29 is 5.11 Å². The lowest BCUT2D eigenvalue weighted by atomic mass is 10.1. The van der Waals surface area contributed by atoms with Gasteiger partial charge in [0.05, 0.1) is 6.61 Å². The van der Waals surface area contributed by atoms with Crippen LogP contribution in [0.5, 0.6) is 0 Å². The van der Waals surface area contributed by atoms with E-state index in [1.165, 1.54) is 51.4 Å². The van der Waals surface area contributed by atoms with Gasteiger partial charge in [0.1, 0.15) is 0 Å². The molecule has 0 atom stereocenters. The molecule has 0 amide bonds. The Hall–Kier alpha value is -0.300. The number of hydrogen-bond donors (Lipinski definition) is 0. The zero-order chi connectivity index (χ0) is 11.2. The SMILES string of the molecule is CCCC/C=C/CCCCCCCC[O]. The summed E-state index contributed by atoms with van der Waals surface area (Å²) >= 11 is 0. The molecule has 0 bridgehead atoms. The monoisotopic (exact) mass is 211 g/mol. The fourth-order valence-electron chi connectivity index (χ4n) is 1.63. The van der Waals surface area contributed by atoms with Gasteiger partial charge in [0.2, 0.25) is 0 Å². The third kappa shape index (κ3) is 13.7. The second-order valence-corrected chi connectivity index (χ2v) is 4.23. The third-order valence-electron chi connectivity index (χ3n) is 2.66. The molecular weight excluding hydrogens is 184 g/mol. The van der Waals surface area contributed by atoms with E-state index in [9.17, 15) is 5.11 Å². The minimum absolute atomic E-state index is 0.111. The first-order valence-electron chi connectivity index (χ1n) is 6.65. The topological polar surface area (TPSA) is 19.9 Å². The predicted octanol–water partition coefficient (Wildman–Crippen LogP) is 4.89. The van der Waals surface area contributed by atoms with Crippen LogP contribution in [0.15, 0.2) is 12.2 Å². The number of rotatable bonds is 11. The van der Waals surface area contributed by atoms with E-state index in [0.717, 1.165) is 12.8 Å². The molecule has 1 radical (unpaired) electrons. The molecule has 0 aliphatic rings. The number of unbranched alkanes of at least 4 members (excludes halogenated alkanes) is 8. The zero-order valence-electron chi connectivity index (χ0n) is 10.3. The Labute approximate surface area is 95.6 Å². The molecule has 0 spiro atoms. The fourth-order valence-corrected chi connectivity index (χ4v) is 1.63. The highest BCUT2D eigenvalue weighted by Crippen LogP contribution is 2.07. The van der Waals surface area contributed by atoms with Crippen molar-refractivity contribution in [1.82, 2.24) is 0 Å². The molecule has 0 saturated carbocycles. The highest BCUT2D eigenvalue weighted by molar-refractivity contribution is 4.80. The Morgan fingerprint density at radius 2 is 1.27 bits per heavy atom. The summed E-state index contributed by atoms with van der Waals surface area (Å²) in [5, 5.41) is 10.2. The van der Waals surface area contributed by atoms with Crippen molar-refractivity contribution in [3.8, 4) is 0 Å². The van der Waals surface area contributed by atoms with Crippen LogP contribution in [0.1, 0.15) is 71.1 Å². The summed E-state index contributed by atoms with van der Waals surface area (Å²) in [6, 6.07) is 0. The number of hydrogen-bond acceptors (Lipinski definition) is 0. The molecule has 0 rings (SSSR count). The summed E-state index contributed by atoms with van der Waals surface area (Å²) in [4.78, 5) is 0. The molecule has 0 unspecified atom stereocenters. The molecule has 0 aromatic carbocycles. The summed E-state index contributed by atoms with van der Waals surface area (Å²) < 4.78 is 0. The summed E-state index contributed by atoms with van der Waals surface area (Å²) in [5.74, 6) is 0. The molecule has 0 N–H and O–H groups in total. The molecule has 0 fully saturated rings. The van der Waals surface area contributed by atoms with E-state index in [1.807, 2.05) is 0 Å². The van der Waals surface area contributed by atoms with Crippen molar-refractivity contribution in [3.63, 3.8) is 0 Å². The maximum atomic E-state index is 10.2. The maximum Gasteiger partial charge on any atom is 0.0822 e. The lowest BCUT2D eigenvalue weighted by Crippen LogP contribution is -1.82. The molecular formula is C14H27O. The van der Waals surface area contributed by atoms with Crippen molar-refractivity contribution >= 4 is 0 Å². The summed E-state index contributed by atoms with van der Waals surface area (Å²) in [6.45, 7) is 2.34. The quantitative estimate of drug-likeness (QED) is 0.342. The second kappa shape index (κ2) is 13.7. The van der Waals surface area contributed by atoms with Gasteiger partial charge in [-0.2, -0.15) is 0 Å². The molecule has 0 heterocycles. The van der Waals surface area contributed by atoms with Crippen LogP contribution >= 0.6 is 0 Å². The van der Waals surface area contributed by atoms with Crippen LogP contribution in [0, 0.1) is 0 Å².